The molecule has 2 rings (SSSR count). The number of hydrogen-bond donors (Lipinski definition) is 1. The summed E-state index contributed by atoms with van der Waals surface area (Å²) in [5.41, 5.74) is 2.11. The number of halogens is 2. The Labute approximate surface area is 142 Å². The summed E-state index contributed by atoms with van der Waals surface area (Å²) < 4.78 is 5.94. The molecule has 1 unspecified atom stereocenters. The van der Waals surface area contributed by atoms with Crippen LogP contribution in [0, 0.1) is 0 Å². The average Bonchev–Trinajstić information content (AvgIpc) is 2.51. The second-order valence-electron chi connectivity index (χ2n) is 5.36. The molecule has 4 heteroatoms. The lowest BCUT2D eigenvalue weighted by Crippen LogP contribution is -2.24. The van der Waals surface area contributed by atoms with Crippen LogP contribution in [0.3, 0.4) is 0 Å². The fraction of sp³-hybridized carbons (Fsp3) is 0.333. The summed E-state index contributed by atoms with van der Waals surface area (Å²) in [7, 11) is 0. The number of rotatable bonds is 7. The standard InChI is InChI=1S/C18H21Cl2NO/c1-3-13(2)21-11-15-10-17(20)7-8-18(15)22-12-14-5-4-6-16(19)9-14/h4-10,13,21H,3,11-12H2,1-2H3. The molecule has 0 fully saturated rings. The largest absolute Gasteiger partial charge is 0.489 e. The van der Waals surface area contributed by atoms with Crippen molar-refractivity contribution in [2.45, 2.75) is 39.5 Å². The summed E-state index contributed by atoms with van der Waals surface area (Å²) in [6.45, 7) is 5.54. The maximum absolute atomic E-state index is 6.10. The molecule has 0 aliphatic rings. The van der Waals surface area contributed by atoms with Gasteiger partial charge in [-0.3, -0.25) is 0 Å². The van der Waals surface area contributed by atoms with Crippen molar-refractivity contribution in [3.8, 4) is 5.75 Å². The van der Waals surface area contributed by atoms with E-state index in [2.05, 4.69) is 19.2 Å². The van der Waals surface area contributed by atoms with Crippen molar-refractivity contribution in [3.63, 3.8) is 0 Å². The van der Waals surface area contributed by atoms with E-state index in [1.54, 1.807) is 0 Å². The van der Waals surface area contributed by atoms with Gasteiger partial charge in [-0.1, -0.05) is 42.3 Å². The van der Waals surface area contributed by atoms with Crippen molar-refractivity contribution in [2.75, 3.05) is 0 Å². The molecule has 0 saturated carbocycles. The Morgan fingerprint density at radius 1 is 1.09 bits per heavy atom. The summed E-state index contributed by atoms with van der Waals surface area (Å²) >= 11 is 12.1. The molecule has 0 spiro atoms. The fourth-order valence-corrected chi connectivity index (χ4v) is 2.45. The van der Waals surface area contributed by atoms with Crippen molar-refractivity contribution in [2.24, 2.45) is 0 Å². The molecular weight excluding hydrogens is 317 g/mol. The van der Waals surface area contributed by atoms with Gasteiger partial charge in [-0.25, -0.2) is 0 Å². The van der Waals surface area contributed by atoms with E-state index in [4.69, 9.17) is 27.9 Å². The van der Waals surface area contributed by atoms with Crippen LogP contribution < -0.4 is 10.1 Å². The van der Waals surface area contributed by atoms with Crippen molar-refractivity contribution < 1.29 is 4.74 Å². The molecule has 0 aromatic heterocycles. The highest BCUT2D eigenvalue weighted by atomic mass is 35.5. The van der Waals surface area contributed by atoms with Gasteiger partial charge in [0.1, 0.15) is 12.4 Å². The first-order valence-corrected chi connectivity index (χ1v) is 8.23. The normalized spacial score (nSPS) is 12.2. The van der Waals surface area contributed by atoms with Crippen LogP contribution in [0.5, 0.6) is 5.75 Å². The summed E-state index contributed by atoms with van der Waals surface area (Å²) in [6, 6.07) is 13.9. The van der Waals surface area contributed by atoms with Crippen molar-refractivity contribution >= 4 is 23.2 Å². The van der Waals surface area contributed by atoms with Crippen LogP contribution in [0.2, 0.25) is 10.0 Å². The van der Waals surface area contributed by atoms with Crippen LogP contribution in [0.15, 0.2) is 42.5 Å². The highest BCUT2D eigenvalue weighted by Crippen LogP contribution is 2.24. The molecule has 0 aliphatic heterocycles. The zero-order chi connectivity index (χ0) is 15.9. The molecule has 0 amide bonds. The summed E-state index contributed by atoms with van der Waals surface area (Å²) in [6.07, 6.45) is 1.08. The maximum atomic E-state index is 6.10. The van der Waals surface area contributed by atoms with E-state index in [1.165, 1.54) is 0 Å². The molecule has 2 aromatic carbocycles. The van der Waals surface area contributed by atoms with Gasteiger partial charge in [-0.15, -0.1) is 0 Å². The zero-order valence-corrected chi connectivity index (χ0v) is 14.4. The molecule has 118 valence electrons. The van der Waals surface area contributed by atoms with Gasteiger partial charge in [0, 0.05) is 28.2 Å². The molecular formula is C18H21Cl2NO. The predicted octanol–water partition coefficient (Wildman–Crippen LogP) is 5.46. The molecule has 2 nitrogen and oxygen atoms in total. The Morgan fingerprint density at radius 2 is 1.86 bits per heavy atom. The number of benzene rings is 2. The minimum atomic E-state index is 0.458. The molecule has 1 N–H and O–H groups in total. The van der Waals surface area contributed by atoms with E-state index in [9.17, 15) is 0 Å². The highest BCUT2D eigenvalue weighted by Gasteiger charge is 2.07. The molecule has 0 bridgehead atoms. The van der Waals surface area contributed by atoms with E-state index in [1.807, 2.05) is 42.5 Å². The second-order valence-corrected chi connectivity index (χ2v) is 6.23. The minimum Gasteiger partial charge on any atom is -0.489 e. The van der Waals surface area contributed by atoms with Gasteiger partial charge in [-0.2, -0.15) is 0 Å². The Morgan fingerprint density at radius 3 is 2.59 bits per heavy atom. The molecule has 0 aliphatic carbocycles. The SMILES string of the molecule is CCC(C)NCc1cc(Cl)ccc1OCc1cccc(Cl)c1. The highest BCUT2D eigenvalue weighted by molar-refractivity contribution is 6.30. The lowest BCUT2D eigenvalue weighted by atomic mass is 10.1. The smallest absolute Gasteiger partial charge is 0.124 e. The maximum Gasteiger partial charge on any atom is 0.124 e. The van der Waals surface area contributed by atoms with E-state index in [-0.39, 0.29) is 0 Å². The predicted molar refractivity (Wildman–Crippen MR) is 93.8 cm³/mol. The summed E-state index contributed by atoms with van der Waals surface area (Å²) in [5, 5.41) is 4.90. The summed E-state index contributed by atoms with van der Waals surface area (Å²) in [5.74, 6) is 0.847. The van der Waals surface area contributed by atoms with Crippen molar-refractivity contribution in [3.05, 3.63) is 63.6 Å². The van der Waals surface area contributed by atoms with E-state index >= 15 is 0 Å². The molecule has 1 atom stereocenters. The first-order valence-electron chi connectivity index (χ1n) is 7.47. The quantitative estimate of drug-likeness (QED) is 0.724. The Bertz CT molecular complexity index is 616. The van der Waals surface area contributed by atoms with E-state index < -0.39 is 0 Å². The zero-order valence-electron chi connectivity index (χ0n) is 12.9. The lowest BCUT2D eigenvalue weighted by Gasteiger charge is -2.15. The molecule has 0 saturated heterocycles. The van der Waals surface area contributed by atoms with Crippen LogP contribution in [-0.4, -0.2) is 6.04 Å². The third-order valence-electron chi connectivity index (χ3n) is 3.56. The third kappa shape index (κ3) is 5.20. The van der Waals surface area contributed by atoms with Gasteiger partial charge in [-0.05, 0) is 49.2 Å². The van der Waals surface area contributed by atoms with Gasteiger partial charge < -0.3 is 10.1 Å². The fourth-order valence-electron chi connectivity index (χ4n) is 2.04. The number of hydrogen-bond acceptors (Lipinski definition) is 2. The van der Waals surface area contributed by atoms with Crippen LogP contribution in [0.1, 0.15) is 31.4 Å². The second kappa shape index (κ2) is 8.42. The average molecular weight is 338 g/mol. The molecule has 22 heavy (non-hydrogen) atoms. The number of nitrogens with one attached hydrogen (secondary N) is 1. The van der Waals surface area contributed by atoms with Gasteiger partial charge in [0.25, 0.3) is 0 Å². The van der Waals surface area contributed by atoms with Crippen LogP contribution in [0.4, 0.5) is 0 Å². The first kappa shape index (κ1) is 17.1. The van der Waals surface area contributed by atoms with Gasteiger partial charge in [0.05, 0.1) is 0 Å². The van der Waals surface area contributed by atoms with Crippen molar-refractivity contribution in [1.29, 1.82) is 0 Å². The lowest BCUT2D eigenvalue weighted by molar-refractivity contribution is 0.301. The van der Waals surface area contributed by atoms with Gasteiger partial charge >= 0.3 is 0 Å². The topological polar surface area (TPSA) is 21.3 Å². The van der Waals surface area contributed by atoms with E-state index in [0.717, 1.165) is 39.9 Å². The van der Waals surface area contributed by atoms with Crippen LogP contribution in [0.25, 0.3) is 0 Å². The van der Waals surface area contributed by atoms with Crippen molar-refractivity contribution in [1.82, 2.24) is 5.32 Å². The third-order valence-corrected chi connectivity index (χ3v) is 4.03. The van der Waals surface area contributed by atoms with Crippen LogP contribution in [-0.2, 0) is 13.2 Å². The number of ether oxygens (including phenoxy) is 1. The molecule has 0 heterocycles. The Balaban J connectivity index is 2.06. The monoisotopic (exact) mass is 337 g/mol. The first-order chi connectivity index (χ1) is 10.6. The Kier molecular flexibility index (Phi) is 6.56. The molecule has 2 aromatic rings. The molecule has 0 radical (unpaired) electrons. The minimum absolute atomic E-state index is 0.458. The Hall–Kier alpha value is -1.22. The van der Waals surface area contributed by atoms with Crippen LogP contribution >= 0.6 is 23.2 Å². The van der Waals surface area contributed by atoms with Gasteiger partial charge in [0.15, 0.2) is 0 Å². The van der Waals surface area contributed by atoms with E-state index in [0.29, 0.717) is 12.6 Å². The summed E-state index contributed by atoms with van der Waals surface area (Å²) in [4.78, 5) is 0. The van der Waals surface area contributed by atoms with Gasteiger partial charge in [0.2, 0.25) is 0 Å².